The van der Waals surface area contributed by atoms with Crippen molar-refractivity contribution < 1.29 is 0 Å². The molecule has 0 aromatic heterocycles. The van der Waals surface area contributed by atoms with Crippen molar-refractivity contribution in [3.05, 3.63) is 229 Å². The maximum absolute atomic E-state index is 3.44. The monoisotopic (exact) mass is 658 g/mol. The highest BCUT2D eigenvalue weighted by Crippen LogP contribution is 2.30. The van der Waals surface area contributed by atoms with Gasteiger partial charge in [-0.15, -0.1) is 0 Å². The van der Waals surface area contributed by atoms with Gasteiger partial charge in [0.05, 0.1) is 0 Å². The lowest BCUT2D eigenvalue weighted by molar-refractivity contribution is 1.55. The second kappa shape index (κ2) is 15.2. The van der Waals surface area contributed by atoms with Gasteiger partial charge in [0.1, 0.15) is 0 Å². The third kappa shape index (κ3) is 7.69. The van der Waals surface area contributed by atoms with E-state index in [-0.39, 0.29) is 0 Å². The van der Waals surface area contributed by atoms with Crippen LogP contribution in [0.2, 0.25) is 0 Å². The Hall–Kier alpha value is -7.12. The Kier molecular flexibility index (Phi) is 9.38. The fourth-order valence-corrected chi connectivity index (χ4v) is 6.37. The SMILES string of the molecule is C(#Cc1cc(-c2ccccc2)cc(-c2ccccc2)c1)c1ccc(-c2ccc(C#Cc3cc(-c4ccccc4)cc(-c4ccccc4)c3)cc2)cc1. The van der Waals surface area contributed by atoms with E-state index in [1.165, 1.54) is 22.3 Å². The molecule has 0 fully saturated rings. The minimum Gasteiger partial charge on any atom is -0.0622 e. The molecule has 0 N–H and O–H groups in total. The van der Waals surface area contributed by atoms with E-state index < -0.39 is 0 Å². The lowest BCUT2D eigenvalue weighted by Gasteiger charge is -2.08. The summed E-state index contributed by atoms with van der Waals surface area (Å²) in [5, 5.41) is 0. The number of rotatable bonds is 5. The molecule has 0 aliphatic carbocycles. The van der Waals surface area contributed by atoms with Crippen molar-refractivity contribution in [3.8, 4) is 79.3 Å². The van der Waals surface area contributed by atoms with Crippen molar-refractivity contribution in [2.75, 3.05) is 0 Å². The topological polar surface area (TPSA) is 0 Å². The highest BCUT2D eigenvalue weighted by atomic mass is 14.1. The zero-order valence-corrected chi connectivity index (χ0v) is 28.6. The van der Waals surface area contributed by atoms with E-state index >= 15 is 0 Å². The van der Waals surface area contributed by atoms with Crippen LogP contribution in [0.15, 0.2) is 206 Å². The molecular weight excluding hydrogens is 625 g/mol. The Morgan fingerprint density at radius 2 is 0.404 bits per heavy atom. The highest BCUT2D eigenvalue weighted by molar-refractivity contribution is 5.77. The fraction of sp³-hybridized carbons (Fsp3) is 0. The molecule has 0 atom stereocenters. The summed E-state index contributed by atoms with van der Waals surface area (Å²) >= 11 is 0. The minimum absolute atomic E-state index is 0.977. The summed E-state index contributed by atoms with van der Waals surface area (Å²) in [7, 11) is 0. The normalized spacial score (nSPS) is 10.4. The number of hydrogen-bond acceptors (Lipinski definition) is 0. The predicted molar refractivity (Wildman–Crippen MR) is 218 cm³/mol. The number of hydrogen-bond donors (Lipinski definition) is 0. The molecule has 0 radical (unpaired) electrons. The van der Waals surface area contributed by atoms with Crippen molar-refractivity contribution in [3.63, 3.8) is 0 Å². The number of benzene rings is 8. The Balaban J connectivity index is 1.02. The van der Waals surface area contributed by atoms with Crippen LogP contribution in [0.5, 0.6) is 0 Å². The summed E-state index contributed by atoms with van der Waals surface area (Å²) < 4.78 is 0. The molecule has 0 heteroatoms. The summed E-state index contributed by atoms with van der Waals surface area (Å²) in [5.74, 6) is 13.7. The molecule has 8 rings (SSSR count). The van der Waals surface area contributed by atoms with Gasteiger partial charge in [0.15, 0.2) is 0 Å². The summed E-state index contributed by atoms with van der Waals surface area (Å²) in [4.78, 5) is 0. The minimum atomic E-state index is 0.977. The van der Waals surface area contributed by atoms with Gasteiger partial charge < -0.3 is 0 Å². The standard InChI is InChI=1S/C52H34/c1-5-13-43(14-6-1)49-33-41(34-50(37-49)44-15-7-2-8-16-44)23-21-39-25-29-47(30-26-39)48-31-27-40(28-32-48)22-24-42-35-51(45-17-9-3-10-18-45)38-52(36-42)46-19-11-4-12-20-46/h1-20,25-38H. The van der Waals surface area contributed by atoms with Gasteiger partial charge in [-0.1, -0.05) is 169 Å². The van der Waals surface area contributed by atoms with Crippen LogP contribution in [0.3, 0.4) is 0 Å². The van der Waals surface area contributed by atoms with Crippen LogP contribution in [-0.4, -0.2) is 0 Å². The van der Waals surface area contributed by atoms with Gasteiger partial charge in [-0.3, -0.25) is 0 Å². The second-order valence-corrected chi connectivity index (χ2v) is 12.7. The molecule has 242 valence electrons. The van der Waals surface area contributed by atoms with Crippen LogP contribution in [0.1, 0.15) is 22.3 Å². The maximum atomic E-state index is 3.44. The van der Waals surface area contributed by atoms with Crippen LogP contribution in [0, 0.1) is 23.7 Å². The lowest BCUT2D eigenvalue weighted by Crippen LogP contribution is -1.86. The molecule has 0 amide bonds. The Labute approximate surface area is 306 Å². The third-order valence-corrected chi connectivity index (χ3v) is 9.10. The largest absolute Gasteiger partial charge is 0.0622 e. The molecule has 0 spiro atoms. The fourth-order valence-electron chi connectivity index (χ4n) is 6.37. The van der Waals surface area contributed by atoms with Crippen molar-refractivity contribution >= 4 is 0 Å². The van der Waals surface area contributed by atoms with E-state index in [4.69, 9.17) is 0 Å². The van der Waals surface area contributed by atoms with E-state index in [1.807, 2.05) is 24.3 Å². The van der Waals surface area contributed by atoms with Gasteiger partial charge in [0.25, 0.3) is 0 Å². The van der Waals surface area contributed by atoms with E-state index in [2.05, 4.69) is 206 Å². The molecule has 52 heavy (non-hydrogen) atoms. The van der Waals surface area contributed by atoms with Gasteiger partial charge in [-0.2, -0.15) is 0 Å². The summed E-state index contributed by atoms with van der Waals surface area (Å²) in [6.07, 6.45) is 0. The zero-order chi connectivity index (χ0) is 35.0. The molecular formula is C52H34. The van der Waals surface area contributed by atoms with Crippen LogP contribution in [0.4, 0.5) is 0 Å². The smallest absolute Gasteiger partial charge is 0.0261 e. The first-order valence-electron chi connectivity index (χ1n) is 17.5. The Morgan fingerprint density at radius 1 is 0.173 bits per heavy atom. The van der Waals surface area contributed by atoms with E-state index in [1.54, 1.807) is 0 Å². The van der Waals surface area contributed by atoms with Gasteiger partial charge in [0, 0.05) is 22.3 Å². The molecule has 0 saturated carbocycles. The van der Waals surface area contributed by atoms with Crippen molar-refractivity contribution in [2.45, 2.75) is 0 Å². The first kappa shape index (κ1) is 32.1. The molecule has 8 aromatic rings. The van der Waals surface area contributed by atoms with Gasteiger partial charge in [-0.05, 0) is 116 Å². The maximum Gasteiger partial charge on any atom is 0.0261 e. The van der Waals surface area contributed by atoms with E-state index in [0.717, 1.165) is 55.6 Å². The Bertz CT molecular complexity index is 2260. The van der Waals surface area contributed by atoms with Gasteiger partial charge >= 0.3 is 0 Å². The second-order valence-electron chi connectivity index (χ2n) is 12.7. The quantitative estimate of drug-likeness (QED) is 0.161. The summed E-state index contributed by atoms with van der Waals surface area (Å²) in [5.41, 5.74) is 15.6. The highest BCUT2D eigenvalue weighted by Gasteiger charge is 2.06. The average molecular weight is 659 g/mol. The summed E-state index contributed by atoms with van der Waals surface area (Å²) in [6.45, 7) is 0. The third-order valence-electron chi connectivity index (χ3n) is 9.10. The van der Waals surface area contributed by atoms with E-state index in [0.29, 0.717) is 0 Å². The van der Waals surface area contributed by atoms with E-state index in [9.17, 15) is 0 Å². The predicted octanol–water partition coefficient (Wildman–Crippen LogP) is 12.8. The molecule has 0 unspecified atom stereocenters. The van der Waals surface area contributed by atoms with Crippen LogP contribution < -0.4 is 0 Å². The first-order chi connectivity index (χ1) is 25.7. The van der Waals surface area contributed by atoms with Crippen LogP contribution in [-0.2, 0) is 0 Å². The molecule has 0 nitrogen and oxygen atoms in total. The molecule has 0 saturated heterocycles. The molecule has 0 bridgehead atoms. The van der Waals surface area contributed by atoms with Crippen molar-refractivity contribution in [1.29, 1.82) is 0 Å². The van der Waals surface area contributed by atoms with Crippen LogP contribution in [0.25, 0.3) is 55.6 Å². The van der Waals surface area contributed by atoms with Gasteiger partial charge in [0.2, 0.25) is 0 Å². The molecule has 0 heterocycles. The van der Waals surface area contributed by atoms with Crippen molar-refractivity contribution in [1.82, 2.24) is 0 Å². The Morgan fingerprint density at radius 3 is 0.673 bits per heavy atom. The molecule has 0 aliphatic heterocycles. The summed E-state index contributed by atoms with van der Waals surface area (Å²) in [6, 6.07) is 72.1. The van der Waals surface area contributed by atoms with Crippen molar-refractivity contribution in [2.24, 2.45) is 0 Å². The molecule has 0 aliphatic rings. The lowest BCUT2D eigenvalue weighted by atomic mass is 9.96. The average Bonchev–Trinajstić information content (AvgIpc) is 3.23. The first-order valence-corrected chi connectivity index (χ1v) is 17.5. The van der Waals surface area contributed by atoms with Gasteiger partial charge in [-0.25, -0.2) is 0 Å². The zero-order valence-electron chi connectivity index (χ0n) is 28.6. The van der Waals surface area contributed by atoms with Crippen LogP contribution >= 0.6 is 0 Å². The molecule has 8 aromatic carbocycles.